The van der Waals surface area contributed by atoms with Gasteiger partial charge in [-0.2, -0.15) is 4.98 Å². The normalized spacial score (nSPS) is 10.3. The van der Waals surface area contributed by atoms with Gasteiger partial charge in [-0.3, -0.25) is 4.98 Å². The fourth-order valence-electron chi connectivity index (χ4n) is 1.26. The molecule has 78 valence electrons. The summed E-state index contributed by atoms with van der Waals surface area (Å²) in [5.74, 6) is 1.24. The molecule has 2 heterocycles. The van der Waals surface area contributed by atoms with E-state index in [4.69, 9.17) is 4.52 Å². The van der Waals surface area contributed by atoms with Crippen LogP contribution in [0.3, 0.4) is 0 Å². The largest absolute Gasteiger partial charge is 0.377 e. The average Bonchev–Trinajstić information content (AvgIpc) is 2.63. The van der Waals surface area contributed by atoms with Crippen LogP contribution in [0.15, 0.2) is 23.0 Å². The second-order valence-electron chi connectivity index (χ2n) is 3.27. The van der Waals surface area contributed by atoms with Gasteiger partial charge in [-0.05, 0) is 18.6 Å². The van der Waals surface area contributed by atoms with Crippen molar-refractivity contribution in [3.63, 3.8) is 0 Å². The van der Waals surface area contributed by atoms with E-state index < -0.39 is 0 Å². The molecular weight excluding hydrogens is 192 g/mol. The Labute approximate surface area is 87.5 Å². The maximum Gasteiger partial charge on any atom is 0.223 e. The fraction of sp³-hybridized carbons (Fsp3) is 0.300. The fourth-order valence-corrected chi connectivity index (χ4v) is 1.26. The van der Waals surface area contributed by atoms with Crippen LogP contribution in [0.5, 0.6) is 0 Å². The van der Waals surface area contributed by atoms with E-state index in [0.717, 1.165) is 11.3 Å². The molecule has 2 aromatic rings. The predicted molar refractivity (Wildman–Crippen MR) is 55.3 cm³/mol. The van der Waals surface area contributed by atoms with Gasteiger partial charge in [-0.1, -0.05) is 5.16 Å². The average molecular weight is 204 g/mol. The summed E-state index contributed by atoms with van der Waals surface area (Å²) in [7, 11) is 0. The number of nitrogens with one attached hydrogen (secondary N) is 1. The van der Waals surface area contributed by atoms with Crippen molar-refractivity contribution in [3.05, 3.63) is 35.7 Å². The van der Waals surface area contributed by atoms with Crippen LogP contribution in [0.4, 0.5) is 5.69 Å². The standard InChI is InChI=1S/C10H12N4O/c1-7-5-11-4-3-9(7)12-6-10-13-8(2)15-14-10/h3-5H,6H2,1-2H3,(H,11,12). The predicted octanol–water partition coefficient (Wildman–Crippen LogP) is 1.69. The smallest absolute Gasteiger partial charge is 0.223 e. The third-order valence-corrected chi connectivity index (χ3v) is 2.03. The molecule has 0 fully saturated rings. The lowest BCUT2D eigenvalue weighted by molar-refractivity contribution is 0.388. The molecule has 2 aromatic heterocycles. The lowest BCUT2D eigenvalue weighted by Gasteiger charge is -2.05. The van der Waals surface area contributed by atoms with Gasteiger partial charge in [0.1, 0.15) is 0 Å². The summed E-state index contributed by atoms with van der Waals surface area (Å²) in [5, 5.41) is 7.01. The third-order valence-electron chi connectivity index (χ3n) is 2.03. The molecule has 0 atom stereocenters. The van der Waals surface area contributed by atoms with Gasteiger partial charge in [-0.25, -0.2) is 0 Å². The van der Waals surface area contributed by atoms with Crippen LogP contribution in [-0.2, 0) is 6.54 Å². The monoisotopic (exact) mass is 204 g/mol. The van der Waals surface area contributed by atoms with Crippen molar-refractivity contribution >= 4 is 5.69 Å². The quantitative estimate of drug-likeness (QED) is 0.824. The summed E-state index contributed by atoms with van der Waals surface area (Å²) in [5.41, 5.74) is 2.13. The summed E-state index contributed by atoms with van der Waals surface area (Å²) in [6, 6.07) is 1.92. The van der Waals surface area contributed by atoms with Crippen molar-refractivity contribution in [1.29, 1.82) is 0 Å². The Bertz CT molecular complexity index is 452. The summed E-state index contributed by atoms with van der Waals surface area (Å²) < 4.78 is 4.87. The Morgan fingerprint density at radius 2 is 2.27 bits per heavy atom. The second kappa shape index (κ2) is 4.08. The molecule has 0 spiro atoms. The van der Waals surface area contributed by atoms with E-state index in [9.17, 15) is 0 Å². The Hall–Kier alpha value is -1.91. The van der Waals surface area contributed by atoms with Crippen molar-refractivity contribution in [2.24, 2.45) is 0 Å². The first-order valence-corrected chi connectivity index (χ1v) is 4.69. The number of nitrogens with zero attached hydrogens (tertiary/aromatic N) is 3. The van der Waals surface area contributed by atoms with Crippen molar-refractivity contribution in [3.8, 4) is 0 Å². The van der Waals surface area contributed by atoms with Gasteiger partial charge in [0.15, 0.2) is 5.82 Å². The highest BCUT2D eigenvalue weighted by Gasteiger charge is 2.02. The lowest BCUT2D eigenvalue weighted by atomic mass is 10.2. The van der Waals surface area contributed by atoms with Crippen LogP contribution in [0.2, 0.25) is 0 Å². The number of aromatic nitrogens is 3. The number of aryl methyl sites for hydroxylation is 2. The van der Waals surface area contributed by atoms with Gasteiger partial charge in [-0.15, -0.1) is 0 Å². The summed E-state index contributed by atoms with van der Waals surface area (Å²) in [6.45, 7) is 4.33. The Balaban J connectivity index is 2.02. The van der Waals surface area contributed by atoms with E-state index in [1.54, 1.807) is 13.1 Å². The van der Waals surface area contributed by atoms with E-state index in [-0.39, 0.29) is 0 Å². The van der Waals surface area contributed by atoms with E-state index >= 15 is 0 Å². The zero-order chi connectivity index (χ0) is 10.7. The molecule has 5 heteroatoms. The van der Waals surface area contributed by atoms with Crippen LogP contribution in [0.1, 0.15) is 17.3 Å². The molecule has 0 radical (unpaired) electrons. The molecule has 0 aliphatic carbocycles. The number of hydrogen-bond donors (Lipinski definition) is 1. The second-order valence-corrected chi connectivity index (χ2v) is 3.27. The molecule has 0 bridgehead atoms. The van der Waals surface area contributed by atoms with E-state index in [0.29, 0.717) is 18.3 Å². The van der Waals surface area contributed by atoms with Crippen LogP contribution in [-0.4, -0.2) is 15.1 Å². The third kappa shape index (κ3) is 2.31. The molecular formula is C10H12N4O. The summed E-state index contributed by atoms with van der Waals surface area (Å²) >= 11 is 0. The number of pyridine rings is 1. The van der Waals surface area contributed by atoms with Crippen molar-refractivity contribution in [2.75, 3.05) is 5.32 Å². The SMILES string of the molecule is Cc1nc(CNc2ccncc2C)no1. The first-order chi connectivity index (χ1) is 7.25. The maximum absolute atomic E-state index is 4.87. The van der Waals surface area contributed by atoms with Crippen LogP contribution < -0.4 is 5.32 Å². The minimum Gasteiger partial charge on any atom is -0.377 e. The van der Waals surface area contributed by atoms with E-state index in [1.165, 1.54) is 0 Å². The zero-order valence-electron chi connectivity index (χ0n) is 8.69. The molecule has 0 aromatic carbocycles. The minimum atomic E-state index is 0.558. The van der Waals surface area contributed by atoms with Crippen LogP contribution >= 0.6 is 0 Å². The minimum absolute atomic E-state index is 0.558. The van der Waals surface area contributed by atoms with Gasteiger partial charge < -0.3 is 9.84 Å². The molecule has 0 saturated carbocycles. The number of anilines is 1. The number of rotatable bonds is 3. The summed E-state index contributed by atoms with van der Waals surface area (Å²) in [6.07, 6.45) is 3.56. The first kappa shape index (κ1) is 9.64. The molecule has 0 amide bonds. The molecule has 2 rings (SSSR count). The van der Waals surface area contributed by atoms with Gasteiger partial charge in [0, 0.05) is 25.0 Å². The van der Waals surface area contributed by atoms with Crippen LogP contribution in [0, 0.1) is 13.8 Å². The van der Waals surface area contributed by atoms with Crippen molar-refractivity contribution < 1.29 is 4.52 Å². The highest BCUT2D eigenvalue weighted by Crippen LogP contribution is 2.12. The van der Waals surface area contributed by atoms with E-state index in [2.05, 4.69) is 20.4 Å². The maximum atomic E-state index is 4.87. The Morgan fingerprint density at radius 3 is 2.93 bits per heavy atom. The summed E-state index contributed by atoms with van der Waals surface area (Å²) in [4.78, 5) is 8.11. The molecule has 0 unspecified atom stereocenters. The first-order valence-electron chi connectivity index (χ1n) is 4.69. The topological polar surface area (TPSA) is 63.8 Å². The Morgan fingerprint density at radius 1 is 1.40 bits per heavy atom. The van der Waals surface area contributed by atoms with Gasteiger partial charge in [0.2, 0.25) is 5.89 Å². The number of hydrogen-bond acceptors (Lipinski definition) is 5. The van der Waals surface area contributed by atoms with Crippen LogP contribution in [0.25, 0.3) is 0 Å². The molecule has 1 N–H and O–H groups in total. The Kier molecular flexibility index (Phi) is 2.62. The van der Waals surface area contributed by atoms with Gasteiger partial charge in [0.25, 0.3) is 0 Å². The van der Waals surface area contributed by atoms with Gasteiger partial charge in [0.05, 0.1) is 6.54 Å². The zero-order valence-corrected chi connectivity index (χ0v) is 8.69. The van der Waals surface area contributed by atoms with Crippen molar-refractivity contribution in [2.45, 2.75) is 20.4 Å². The molecule has 0 aliphatic rings. The highest BCUT2D eigenvalue weighted by molar-refractivity contribution is 5.48. The molecule has 0 saturated heterocycles. The molecule has 15 heavy (non-hydrogen) atoms. The van der Waals surface area contributed by atoms with Crippen molar-refractivity contribution in [1.82, 2.24) is 15.1 Å². The lowest BCUT2D eigenvalue weighted by Crippen LogP contribution is -2.02. The molecule has 5 nitrogen and oxygen atoms in total. The van der Waals surface area contributed by atoms with Gasteiger partial charge >= 0.3 is 0 Å². The molecule has 0 aliphatic heterocycles. The van der Waals surface area contributed by atoms with E-state index in [1.807, 2.05) is 19.2 Å². The highest BCUT2D eigenvalue weighted by atomic mass is 16.5.